The molecule has 1 aromatic carbocycles. The number of nitrogens with zero attached hydrogens (tertiary/aromatic N) is 2. The number of rotatable bonds is 3. The number of ether oxygens (including phenoxy) is 2. The quantitative estimate of drug-likeness (QED) is 0.915. The Balaban J connectivity index is 1.48. The van der Waals surface area contributed by atoms with E-state index in [9.17, 15) is 4.79 Å². The molecule has 136 valence electrons. The molecule has 1 fully saturated rings. The summed E-state index contributed by atoms with van der Waals surface area (Å²) < 4.78 is 11.1. The van der Waals surface area contributed by atoms with Gasteiger partial charge in [0, 0.05) is 36.6 Å². The summed E-state index contributed by atoms with van der Waals surface area (Å²) in [5.74, 6) is 2.09. The summed E-state index contributed by atoms with van der Waals surface area (Å²) in [6, 6.07) is 9.05. The van der Waals surface area contributed by atoms with E-state index in [2.05, 4.69) is 15.2 Å². The first-order valence-electron chi connectivity index (χ1n) is 9.21. The van der Waals surface area contributed by atoms with Crippen molar-refractivity contribution in [1.29, 1.82) is 0 Å². The van der Waals surface area contributed by atoms with E-state index in [4.69, 9.17) is 9.47 Å². The van der Waals surface area contributed by atoms with Gasteiger partial charge in [-0.1, -0.05) is 12.8 Å². The minimum Gasteiger partial charge on any atom is -0.486 e. The number of anilines is 2. The molecule has 4 rings (SSSR count). The number of hydrogen-bond donors (Lipinski definition) is 1. The van der Waals surface area contributed by atoms with Gasteiger partial charge in [-0.05, 0) is 37.1 Å². The van der Waals surface area contributed by atoms with Crippen molar-refractivity contribution in [2.45, 2.75) is 25.7 Å². The summed E-state index contributed by atoms with van der Waals surface area (Å²) in [4.78, 5) is 19.4. The Labute approximate surface area is 153 Å². The Bertz CT molecular complexity index is 786. The highest BCUT2D eigenvalue weighted by Gasteiger charge is 2.16. The summed E-state index contributed by atoms with van der Waals surface area (Å²) in [6.45, 7) is 3.07. The average Bonchev–Trinajstić information content (AvgIpc) is 2.97. The lowest BCUT2D eigenvalue weighted by molar-refractivity contribution is 0.102. The molecule has 1 saturated heterocycles. The molecular formula is C20H23N3O3. The third-order valence-electron chi connectivity index (χ3n) is 4.74. The van der Waals surface area contributed by atoms with Gasteiger partial charge in [-0.15, -0.1) is 0 Å². The maximum atomic E-state index is 12.7. The normalized spacial score (nSPS) is 16.7. The van der Waals surface area contributed by atoms with Crippen molar-refractivity contribution in [1.82, 2.24) is 4.98 Å². The van der Waals surface area contributed by atoms with Gasteiger partial charge in [-0.3, -0.25) is 4.79 Å². The predicted molar refractivity (Wildman–Crippen MR) is 100 cm³/mol. The summed E-state index contributed by atoms with van der Waals surface area (Å²) in [5.41, 5.74) is 1.29. The van der Waals surface area contributed by atoms with Crippen molar-refractivity contribution < 1.29 is 14.3 Å². The highest BCUT2D eigenvalue weighted by atomic mass is 16.6. The molecule has 0 aliphatic carbocycles. The fourth-order valence-electron chi connectivity index (χ4n) is 3.36. The Hall–Kier alpha value is -2.76. The van der Waals surface area contributed by atoms with Crippen LogP contribution in [0.5, 0.6) is 11.5 Å². The van der Waals surface area contributed by atoms with Gasteiger partial charge in [0.1, 0.15) is 19.0 Å². The van der Waals surface area contributed by atoms with Gasteiger partial charge >= 0.3 is 0 Å². The zero-order chi connectivity index (χ0) is 17.8. The summed E-state index contributed by atoms with van der Waals surface area (Å²) in [5, 5.41) is 2.93. The number of carbonyl (C=O) groups is 1. The maximum Gasteiger partial charge on any atom is 0.255 e. The minimum atomic E-state index is -0.153. The molecule has 0 atom stereocenters. The van der Waals surface area contributed by atoms with Crippen LogP contribution in [-0.4, -0.2) is 37.2 Å². The lowest BCUT2D eigenvalue weighted by Crippen LogP contribution is -2.25. The van der Waals surface area contributed by atoms with Crippen LogP contribution in [0.4, 0.5) is 11.5 Å². The van der Waals surface area contributed by atoms with Gasteiger partial charge in [0.25, 0.3) is 5.91 Å². The van der Waals surface area contributed by atoms with Gasteiger partial charge in [0.2, 0.25) is 0 Å². The third-order valence-corrected chi connectivity index (χ3v) is 4.74. The third kappa shape index (κ3) is 3.74. The van der Waals surface area contributed by atoms with E-state index >= 15 is 0 Å². The summed E-state index contributed by atoms with van der Waals surface area (Å²) in [7, 11) is 0. The number of pyridine rings is 1. The van der Waals surface area contributed by atoms with E-state index in [1.165, 1.54) is 25.7 Å². The number of aromatic nitrogens is 1. The number of hydrogen-bond acceptors (Lipinski definition) is 5. The van der Waals surface area contributed by atoms with Crippen molar-refractivity contribution in [3.05, 3.63) is 42.1 Å². The SMILES string of the molecule is O=C(Nc1ccc2c(c1)OCCO2)c1ccnc(N2CCCCCC2)c1. The van der Waals surface area contributed by atoms with Gasteiger partial charge < -0.3 is 19.7 Å². The van der Waals surface area contributed by atoms with Crippen LogP contribution in [0.2, 0.25) is 0 Å². The molecule has 2 aliphatic heterocycles. The molecule has 0 bridgehead atoms. The highest BCUT2D eigenvalue weighted by Crippen LogP contribution is 2.32. The Morgan fingerprint density at radius 2 is 1.73 bits per heavy atom. The molecule has 0 saturated carbocycles. The maximum absolute atomic E-state index is 12.7. The smallest absolute Gasteiger partial charge is 0.255 e. The van der Waals surface area contributed by atoms with E-state index in [0.29, 0.717) is 36.0 Å². The molecule has 1 N–H and O–H groups in total. The zero-order valence-electron chi connectivity index (χ0n) is 14.7. The van der Waals surface area contributed by atoms with Gasteiger partial charge in [-0.2, -0.15) is 0 Å². The molecule has 3 heterocycles. The molecule has 1 aromatic heterocycles. The molecule has 0 radical (unpaired) electrons. The van der Waals surface area contributed by atoms with Crippen molar-refractivity contribution in [2.24, 2.45) is 0 Å². The average molecular weight is 353 g/mol. The Morgan fingerprint density at radius 3 is 2.54 bits per heavy atom. The molecule has 0 unspecified atom stereocenters. The van der Waals surface area contributed by atoms with Crippen molar-refractivity contribution in [3.63, 3.8) is 0 Å². The van der Waals surface area contributed by atoms with E-state index in [1.54, 1.807) is 18.3 Å². The fraction of sp³-hybridized carbons (Fsp3) is 0.400. The molecule has 0 spiro atoms. The van der Waals surface area contributed by atoms with Crippen LogP contribution in [0.3, 0.4) is 0 Å². The minimum absolute atomic E-state index is 0.153. The number of amides is 1. The Morgan fingerprint density at radius 1 is 0.962 bits per heavy atom. The van der Waals surface area contributed by atoms with Crippen LogP contribution in [-0.2, 0) is 0 Å². The second-order valence-corrected chi connectivity index (χ2v) is 6.62. The molecule has 26 heavy (non-hydrogen) atoms. The first-order valence-corrected chi connectivity index (χ1v) is 9.21. The summed E-state index contributed by atoms with van der Waals surface area (Å²) in [6.07, 6.45) is 6.59. The first-order chi connectivity index (χ1) is 12.8. The lowest BCUT2D eigenvalue weighted by Gasteiger charge is -2.21. The molecule has 6 heteroatoms. The topological polar surface area (TPSA) is 63.7 Å². The van der Waals surface area contributed by atoms with Crippen LogP contribution in [0, 0.1) is 0 Å². The van der Waals surface area contributed by atoms with Gasteiger partial charge in [0.05, 0.1) is 0 Å². The standard InChI is InChI=1S/C20H23N3O3/c24-20(22-16-5-6-17-18(14-16)26-12-11-25-17)15-7-8-21-19(13-15)23-9-3-1-2-4-10-23/h5-8,13-14H,1-4,9-12H2,(H,22,24). The van der Waals surface area contributed by atoms with Crippen molar-refractivity contribution in [2.75, 3.05) is 36.5 Å². The van der Waals surface area contributed by atoms with Crippen LogP contribution < -0.4 is 19.7 Å². The monoisotopic (exact) mass is 353 g/mol. The number of benzene rings is 1. The largest absolute Gasteiger partial charge is 0.486 e. The van der Waals surface area contributed by atoms with Crippen LogP contribution in [0.25, 0.3) is 0 Å². The molecule has 2 aromatic rings. The zero-order valence-corrected chi connectivity index (χ0v) is 14.7. The van der Waals surface area contributed by atoms with Crippen LogP contribution in [0.1, 0.15) is 36.0 Å². The fourth-order valence-corrected chi connectivity index (χ4v) is 3.36. The molecule has 1 amide bonds. The Kier molecular flexibility index (Phi) is 4.91. The molecular weight excluding hydrogens is 330 g/mol. The second-order valence-electron chi connectivity index (χ2n) is 6.62. The highest BCUT2D eigenvalue weighted by molar-refractivity contribution is 6.04. The van der Waals surface area contributed by atoms with E-state index in [0.717, 1.165) is 18.9 Å². The van der Waals surface area contributed by atoms with E-state index < -0.39 is 0 Å². The van der Waals surface area contributed by atoms with Crippen molar-refractivity contribution in [3.8, 4) is 11.5 Å². The number of nitrogens with one attached hydrogen (secondary N) is 1. The van der Waals surface area contributed by atoms with Crippen molar-refractivity contribution >= 4 is 17.4 Å². The van der Waals surface area contributed by atoms with Gasteiger partial charge in [0.15, 0.2) is 11.5 Å². The molecule has 2 aliphatic rings. The van der Waals surface area contributed by atoms with E-state index in [1.807, 2.05) is 18.2 Å². The van der Waals surface area contributed by atoms with Gasteiger partial charge in [-0.25, -0.2) is 4.98 Å². The van der Waals surface area contributed by atoms with Crippen LogP contribution in [0.15, 0.2) is 36.5 Å². The molecule has 6 nitrogen and oxygen atoms in total. The predicted octanol–water partition coefficient (Wildman–Crippen LogP) is 3.49. The number of fused-ring (bicyclic) bond motifs is 1. The first kappa shape index (κ1) is 16.7. The van der Waals surface area contributed by atoms with E-state index in [-0.39, 0.29) is 5.91 Å². The summed E-state index contributed by atoms with van der Waals surface area (Å²) >= 11 is 0. The number of carbonyl (C=O) groups excluding carboxylic acids is 1. The van der Waals surface area contributed by atoms with Crippen LogP contribution >= 0.6 is 0 Å². The second kappa shape index (κ2) is 7.64. The lowest BCUT2D eigenvalue weighted by atomic mass is 10.2.